The second-order valence-electron chi connectivity index (χ2n) is 5.15. The number of aromatic carboxylic acids is 1. The molecule has 0 radical (unpaired) electrons. The molecule has 1 aromatic carbocycles. The second kappa shape index (κ2) is 6.83. The van der Waals surface area contributed by atoms with Crippen LogP contribution in [0.5, 0.6) is 0 Å². The number of halogens is 2. The van der Waals surface area contributed by atoms with Crippen LogP contribution in [0.4, 0.5) is 4.39 Å². The zero-order chi connectivity index (χ0) is 17.1. The zero-order valence-electron chi connectivity index (χ0n) is 12.6. The molecule has 7 heteroatoms. The fraction of sp³-hybridized carbons (Fsp3) is 0.250. The summed E-state index contributed by atoms with van der Waals surface area (Å²) in [6.07, 6.45) is 0.0150. The summed E-state index contributed by atoms with van der Waals surface area (Å²) in [5.74, 6) is -1.13. The molecule has 0 saturated carbocycles. The minimum absolute atomic E-state index is 0.0150. The SMILES string of the molecule is Cc1oc(CN(C)C(=O)Cc2ccc(F)cc2Cl)cc1C(=O)O. The van der Waals surface area contributed by atoms with Crippen LogP contribution < -0.4 is 0 Å². The van der Waals surface area contributed by atoms with Gasteiger partial charge in [0.15, 0.2) is 0 Å². The van der Waals surface area contributed by atoms with E-state index in [0.717, 1.165) is 6.07 Å². The first-order valence-corrected chi connectivity index (χ1v) is 7.16. The Labute approximate surface area is 137 Å². The lowest BCUT2D eigenvalue weighted by atomic mass is 10.1. The van der Waals surface area contributed by atoms with Gasteiger partial charge in [-0.3, -0.25) is 4.79 Å². The fourth-order valence-electron chi connectivity index (χ4n) is 2.12. The molecule has 5 nitrogen and oxygen atoms in total. The van der Waals surface area contributed by atoms with Gasteiger partial charge in [-0.2, -0.15) is 0 Å². The first-order valence-electron chi connectivity index (χ1n) is 6.78. The zero-order valence-corrected chi connectivity index (χ0v) is 13.4. The lowest BCUT2D eigenvalue weighted by molar-refractivity contribution is -0.129. The first kappa shape index (κ1) is 17.0. The van der Waals surface area contributed by atoms with Gasteiger partial charge in [-0.1, -0.05) is 17.7 Å². The Hall–Kier alpha value is -2.34. The van der Waals surface area contributed by atoms with Crippen molar-refractivity contribution in [3.63, 3.8) is 0 Å². The van der Waals surface area contributed by atoms with Crippen molar-refractivity contribution >= 4 is 23.5 Å². The summed E-state index contributed by atoms with van der Waals surface area (Å²) in [7, 11) is 1.57. The predicted octanol–water partition coefficient (Wildman–Crippen LogP) is 3.28. The van der Waals surface area contributed by atoms with Crippen molar-refractivity contribution in [1.82, 2.24) is 4.90 Å². The standard InChI is InChI=1S/C16H15ClFNO4/c1-9-13(16(21)22)7-12(23-9)8-19(2)15(20)5-10-3-4-11(18)6-14(10)17/h3-4,6-7H,5,8H2,1-2H3,(H,21,22). The third-order valence-corrected chi connectivity index (χ3v) is 3.73. The third kappa shape index (κ3) is 4.10. The van der Waals surface area contributed by atoms with Crippen molar-refractivity contribution in [3.05, 3.63) is 57.8 Å². The third-order valence-electron chi connectivity index (χ3n) is 3.37. The van der Waals surface area contributed by atoms with Crippen molar-refractivity contribution in [2.24, 2.45) is 0 Å². The average Bonchev–Trinajstić information content (AvgIpc) is 2.82. The number of amides is 1. The van der Waals surface area contributed by atoms with Gasteiger partial charge >= 0.3 is 5.97 Å². The Morgan fingerprint density at radius 3 is 2.61 bits per heavy atom. The maximum atomic E-state index is 13.0. The number of furan rings is 1. The highest BCUT2D eigenvalue weighted by Gasteiger charge is 2.17. The van der Waals surface area contributed by atoms with E-state index in [1.807, 2.05) is 0 Å². The number of carbonyl (C=O) groups excluding carboxylic acids is 1. The first-order chi connectivity index (χ1) is 10.8. The van der Waals surface area contributed by atoms with Crippen LogP contribution in [0.1, 0.15) is 27.4 Å². The highest BCUT2D eigenvalue weighted by atomic mass is 35.5. The lowest BCUT2D eigenvalue weighted by Gasteiger charge is -2.16. The van der Waals surface area contributed by atoms with Crippen molar-refractivity contribution < 1.29 is 23.5 Å². The number of carboxylic acids is 1. The van der Waals surface area contributed by atoms with E-state index in [0.29, 0.717) is 11.3 Å². The van der Waals surface area contributed by atoms with Crippen LogP contribution >= 0.6 is 11.6 Å². The summed E-state index contributed by atoms with van der Waals surface area (Å²) >= 11 is 5.90. The van der Waals surface area contributed by atoms with Crippen LogP contribution in [0.2, 0.25) is 5.02 Å². The maximum Gasteiger partial charge on any atom is 0.339 e. The molecule has 1 aromatic heterocycles. The van der Waals surface area contributed by atoms with Gasteiger partial charge in [-0.05, 0) is 30.7 Å². The van der Waals surface area contributed by atoms with Crippen LogP contribution in [0, 0.1) is 12.7 Å². The normalized spacial score (nSPS) is 10.6. The van der Waals surface area contributed by atoms with E-state index in [4.69, 9.17) is 21.1 Å². The van der Waals surface area contributed by atoms with Crippen LogP contribution in [-0.4, -0.2) is 28.9 Å². The molecule has 122 valence electrons. The van der Waals surface area contributed by atoms with Crippen LogP contribution in [0.15, 0.2) is 28.7 Å². The van der Waals surface area contributed by atoms with E-state index in [1.54, 1.807) is 14.0 Å². The summed E-state index contributed by atoms with van der Waals surface area (Å²) in [5.41, 5.74) is 0.592. The Balaban J connectivity index is 2.05. The highest BCUT2D eigenvalue weighted by molar-refractivity contribution is 6.31. The van der Waals surface area contributed by atoms with Crippen molar-refractivity contribution in [2.75, 3.05) is 7.05 Å². The molecular formula is C16H15ClFNO4. The summed E-state index contributed by atoms with van der Waals surface area (Å²) < 4.78 is 18.3. The molecule has 1 N–H and O–H groups in total. The number of hydrogen-bond acceptors (Lipinski definition) is 3. The molecule has 1 amide bonds. The predicted molar refractivity (Wildman–Crippen MR) is 82.0 cm³/mol. The fourth-order valence-corrected chi connectivity index (χ4v) is 2.35. The lowest BCUT2D eigenvalue weighted by Crippen LogP contribution is -2.27. The van der Waals surface area contributed by atoms with Crippen LogP contribution in [-0.2, 0) is 17.8 Å². The van der Waals surface area contributed by atoms with Crippen molar-refractivity contribution in [2.45, 2.75) is 19.9 Å². The van der Waals surface area contributed by atoms with Crippen LogP contribution in [0.3, 0.4) is 0 Å². The molecule has 1 heterocycles. The van der Waals surface area contributed by atoms with Gasteiger partial charge in [0.2, 0.25) is 5.91 Å². The largest absolute Gasteiger partial charge is 0.478 e. The summed E-state index contributed by atoms with van der Waals surface area (Å²) in [5, 5.41) is 9.17. The molecule has 0 unspecified atom stereocenters. The van der Waals surface area contributed by atoms with Gasteiger partial charge < -0.3 is 14.4 Å². The van der Waals surface area contributed by atoms with Gasteiger partial charge in [0, 0.05) is 12.1 Å². The number of carboxylic acid groups (broad SMARTS) is 1. The van der Waals surface area contributed by atoms with E-state index < -0.39 is 11.8 Å². The average molecular weight is 340 g/mol. The van der Waals surface area contributed by atoms with Gasteiger partial charge in [-0.15, -0.1) is 0 Å². The molecular weight excluding hydrogens is 325 g/mol. The molecule has 0 saturated heterocycles. The van der Waals surface area contributed by atoms with Gasteiger partial charge in [0.25, 0.3) is 0 Å². The molecule has 0 aliphatic rings. The molecule has 2 rings (SSSR count). The molecule has 0 atom stereocenters. The number of aryl methyl sites for hydroxylation is 1. The summed E-state index contributed by atoms with van der Waals surface area (Å²) in [6, 6.07) is 5.25. The molecule has 2 aromatic rings. The number of hydrogen-bond donors (Lipinski definition) is 1. The Morgan fingerprint density at radius 2 is 2.04 bits per heavy atom. The minimum atomic E-state index is -1.08. The Kier molecular flexibility index (Phi) is 5.05. The molecule has 23 heavy (non-hydrogen) atoms. The number of benzene rings is 1. The minimum Gasteiger partial charge on any atom is -0.478 e. The quantitative estimate of drug-likeness (QED) is 0.907. The summed E-state index contributed by atoms with van der Waals surface area (Å²) in [6.45, 7) is 1.68. The van der Waals surface area contributed by atoms with Crippen LogP contribution in [0.25, 0.3) is 0 Å². The molecule has 0 spiro atoms. The van der Waals surface area contributed by atoms with E-state index >= 15 is 0 Å². The number of rotatable bonds is 5. The highest BCUT2D eigenvalue weighted by Crippen LogP contribution is 2.20. The van der Waals surface area contributed by atoms with E-state index in [2.05, 4.69) is 0 Å². The molecule has 0 aliphatic carbocycles. The van der Waals surface area contributed by atoms with E-state index in [1.165, 1.54) is 23.1 Å². The smallest absolute Gasteiger partial charge is 0.339 e. The summed E-state index contributed by atoms with van der Waals surface area (Å²) in [4.78, 5) is 24.6. The van der Waals surface area contributed by atoms with Gasteiger partial charge in [-0.25, -0.2) is 9.18 Å². The Bertz CT molecular complexity index is 757. The topological polar surface area (TPSA) is 70.8 Å². The molecule has 0 bridgehead atoms. The van der Waals surface area contributed by atoms with Crippen molar-refractivity contribution in [1.29, 1.82) is 0 Å². The second-order valence-corrected chi connectivity index (χ2v) is 5.56. The molecule has 0 aliphatic heterocycles. The number of carbonyl (C=O) groups is 2. The van der Waals surface area contributed by atoms with Crippen molar-refractivity contribution in [3.8, 4) is 0 Å². The molecule has 0 fully saturated rings. The number of nitrogens with zero attached hydrogens (tertiary/aromatic N) is 1. The monoisotopic (exact) mass is 339 g/mol. The van der Waals surface area contributed by atoms with E-state index in [9.17, 15) is 14.0 Å². The maximum absolute atomic E-state index is 13.0. The van der Waals surface area contributed by atoms with E-state index in [-0.39, 0.29) is 35.2 Å². The van der Waals surface area contributed by atoms with Gasteiger partial charge in [0.1, 0.15) is 22.9 Å². The Morgan fingerprint density at radius 1 is 1.35 bits per heavy atom. The van der Waals surface area contributed by atoms with Gasteiger partial charge in [0.05, 0.1) is 13.0 Å². The number of likely N-dealkylation sites (N-methyl/N-ethyl adjacent to an activating group) is 1.